The van der Waals surface area contributed by atoms with E-state index < -0.39 is 0 Å². The first kappa shape index (κ1) is 19.6. The Morgan fingerprint density at radius 2 is 1.90 bits per heavy atom. The van der Waals surface area contributed by atoms with Gasteiger partial charge in [-0.05, 0) is 66.9 Å². The van der Waals surface area contributed by atoms with Crippen LogP contribution in [0.3, 0.4) is 0 Å². The third-order valence-electron chi connectivity index (χ3n) is 4.91. The number of nitrogens with zero attached hydrogens (tertiary/aromatic N) is 2. The van der Waals surface area contributed by atoms with Gasteiger partial charge in [0.25, 0.3) is 5.91 Å². The number of nitrogens with one attached hydrogen (secondary N) is 1. The van der Waals surface area contributed by atoms with E-state index >= 15 is 0 Å². The number of hydrogen-bond donors (Lipinski definition) is 1. The zero-order valence-corrected chi connectivity index (χ0v) is 16.9. The Kier molecular flexibility index (Phi) is 5.48. The second kappa shape index (κ2) is 8.37. The molecule has 0 spiro atoms. The number of ether oxygens (including phenoxy) is 1. The molecule has 0 atom stereocenters. The van der Waals surface area contributed by atoms with Gasteiger partial charge in [-0.1, -0.05) is 18.2 Å². The van der Waals surface area contributed by atoms with Crippen LogP contribution in [0.2, 0.25) is 0 Å². The molecule has 152 valence electrons. The van der Waals surface area contributed by atoms with E-state index in [-0.39, 0.29) is 11.7 Å². The molecule has 2 heterocycles. The second-order valence-electron chi connectivity index (χ2n) is 7.23. The lowest BCUT2D eigenvalue weighted by Gasteiger charge is -2.08. The molecule has 0 saturated carbocycles. The molecule has 1 N–H and O–H groups in total. The summed E-state index contributed by atoms with van der Waals surface area (Å²) >= 11 is 0. The van der Waals surface area contributed by atoms with E-state index in [1.807, 2.05) is 35.9 Å². The van der Waals surface area contributed by atoms with Crippen molar-refractivity contribution >= 4 is 11.6 Å². The number of rotatable bonds is 6. The van der Waals surface area contributed by atoms with Gasteiger partial charge in [0.2, 0.25) is 0 Å². The lowest BCUT2D eigenvalue weighted by atomic mass is 10.1. The van der Waals surface area contributed by atoms with Crippen LogP contribution in [0.1, 0.15) is 32.7 Å². The van der Waals surface area contributed by atoms with E-state index in [0.29, 0.717) is 30.0 Å². The van der Waals surface area contributed by atoms with E-state index in [1.165, 1.54) is 6.07 Å². The van der Waals surface area contributed by atoms with Gasteiger partial charge in [0.1, 0.15) is 23.8 Å². The smallest absolute Gasteiger partial charge is 0.251 e. The Bertz CT molecular complexity index is 1200. The lowest BCUT2D eigenvalue weighted by Crippen LogP contribution is -2.22. The van der Waals surface area contributed by atoms with Crippen LogP contribution in [-0.4, -0.2) is 15.3 Å². The first-order valence-electron chi connectivity index (χ1n) is 9.69. The Morgan fingerprint density at radius 1 is 1.10 bits per heavy atom. The maximum atomic E-state index is 13.3. The summed E-state index contributed by atoms with van der Waals surface area (Å²) in [6.07, 6.45) is 3.90. The molecule has 6 heteroatoms. The van der Waals surface area contributed by atoms with Crippen LogP contribution in [0.15, 0.2) is 67.0 Å². The van der Waals surface area contributed by atoms with E-state index in [9.17, 15) is 9.18 Å². The molecular formula is C24H22FN3O2. The molecule has 0 aliphatic rings. The van der Waals surface area contributed by atoms with Crippen molar-refractivity contribution in [3.8, 4) is 5.75 Å². The molecule has 0 fully saturated rings. The number of carbonyl (C=O) groups is 1. The summed E-state index contributed by atoms with van der Waals surface area (Å²) in [6, 6.07) is 15.8. The summed E-state index contributed by atoms with van der Waals surface area (Å²) in [6.45, 7) is 4.41. The fourth-order valence-corrected chi connectivity index (χ4v) is 3.23. The van der Waals surface area contributed by atoms with E-state index in [4.69, 9.17) is 4.74 Å². The predicted octanol–water partition coefficient (Wildman–Crippen LogP) is 4.60. The summed E-state index contributed by atoms with van der Waals surface area (Å²) in [5, 5.41) is 2.84. The number of amides is 1. The van der Waals surface area contributed by atoms with Gasteiger partial charge in [-0.25, -0.2) is 9.37 Å². The van der Waals surface area contributed by atoms with Crippen LogP contribution in [-0.2, 0) is 13.2 Å². The Hall–Kier alpha value is -3.67. The molecule has 0 aliphatic carbocycles. The van der Waals surface area contributed by atoms with Gasteiger partial charge in [-0.3, -0.25) is 4.79 Å². The Labute approximate surface area is 174 Å². The lowest BCUT2D eigenvalue weighted by molar-refractivity contribution is 0.0951. The van der Waals surface area contributed by atoms with Crippen molar-refractivity contribution in [1.29, 1.82) is 0 Å². The molecule has 0 aliphatic heterocycles. The quantitative estimate of drug-likeness (QED) is 0.512. The summed E-state index contributed by atoms with van der Waals surface area (Å²) in [4.78, 5) is 16.9. The highest BCUT2D eigenvalue weighted by atomic mass is 19.1. The monoisotopic (exact) mass is 403 g/mol. The molecular weight excluding hydrogens is 381 g/mol. The number of aromatic nitrogens is 2. The molecule has 0 unspecified atom stereocenters. The van der Waals surface area contributed by atoms with E-state index in [1.54, 1.807) is 43.3 Å². The van der Waals surface area contributed by atoms with E-state index in [2.05, 4.69) is 10.3 Å². The molecule has 5 nitrogen and oxygen atoms in total. The highest BCUT2D eigenvalue weighted by Crippen LogP contribution is 2.16. The number of aryl methyl sites for hydroxylation is 2. The minimum atomic E-state index is -0.251. The maximum Gasteiger partial charge on any atom is 0.251 e. The molecule has 0 radical (unpaired) electrons. The van der Waals surface area contributed by atoms with Crippen LogP contribution < -0.4 is 10.1 Å². The van der Waals surface area contributed by atoms with Crippen LogP contribution >= 0.6 is 0 Å². The molecule has 4 rings (SSSR count). The van der Waals surface area contributed by atoms with Gasteiger partial charge >= 0.3 is 0 Å². The largest absolute Gasteiger partial charge is 0.487 e. The number of carbonyl (C=O) groups excluding carboxylic acids is 1. The third kappa shape index (κ3) is 4.33. The zero-order valence-electron chi connectivity index (χ0n) is 16.9. The van der Waals surface area contributed by atoms with Crippen LogP contribution in [0.4, 0.5) is 4.39 Å². The van der Waals surface area contributed by atoms with Crippen molar-refractivity contribution < 1.29 is 13.9 Å². The number of pyridine rings is 1. The summed E-state index contributed by atoms with van der Waals surface area (Å²) < 4.78 is 21.1. The molecule has 4 aromatic rings. The molecule has 2 aromatic heterocycles. The standard InChI is InChI=1S/C24H22FN3O2/c1-16-4-3-11-28-14-20(27-23(16)28)15-30-21-8-6-19(7-9-21)24(29)26-13-18-5-10-22(25)17(2)12-18/h3-12,14H,13,15H2,1-2H3,(H,26,29). The Balaban J connectivity index is 1.34. The molecule has 30 heavy (non-hydrogen) atoms. The fourth-order valence-electron chi connectivity index (χ4n) is 3.23. The van der Waals surface area contributed by atoms with Gasteiger partial charge in [0.05, 0.1) is 5.69 Å². The van der Waals surface area contributed by atoms with Gasteiger partial charge in [-0.15, -0.1) is 0 Å². The number of benzene rings is 2. The normalized spacial score (nSPS) is 10.9. The van der Waals surface area contributed by atoms with Crippen molar-refractivity contribution in [2.24, 2.45) is 0 Å². The molecule has 0 bridgehead atoms. The first-order chi connectivity index (χ1) is 14.5. The van der Waals surface area contributed by atoms with Crippen molar-refractivity contribution in [2.45, 2.75) is 27.0 Å². The number of hydrogen-bond acceptors (Lipinski definition) is 3. The average Bonchev–Trinajstić information content (AvgIpc) is 3.18. The van der Waals surface area contributed by atoms with Crippen molar-refractivity contribution in [1.82, 2.24) is 14.7 Å². The van der Waals surface area contributed by atoms with Crippen LogP contribution in [0.5, 0.6) is 5.75 Å². The SMILES string of the molecule is Cc1cc(CNC(=O)c2ccc(OCc3cn4cccc(C)c4n3)cc2)ccc1F. The van der Waals surface area contributed by atoms with E-state index in [0.717, 1.165) is 22.5 Å². The van der Waals surface area contributed by atoms with Crippen LogP contribution in [0, 0.1) is 19.7 Å². The number of fused-ring (bicyclic) bond motifs is 1. The number of imidazole rings is 1. The fraction of sp³-hybridized carbons (Fsp3) is 0.167. The highest BCUT2D eigenvalue weighted by Gasteiger charge is 2.08. The van der Waals surface area contributed by atoms with Crippen molar-refractivity contribution in [2.75, 3.05) is 0 Å². The van der Waals surface area contributed by atoms with Crippen LogP contribution in [0.25, 0.3) is 5.65 Å². The molecule has 2 aromatic carbocycles. The maximum absolute atomic E-state index is 13.3. The van der Waals surface area contributed by atoms with Crippen molar-refractivity contribution in [3.63, 3.8) is 0 Å². The first-order valence-corrected chi connectivity index (χ1v) is 9.69. The summed E-state index contributed by atoms with van der Waals surface area (Å²) in [5.41, 5.74) is 4.80. The summed E-state index contributed by atoms with van der Waals surface area (Å²) in [5.74, 6) is 0.216. The Morgan fingerprint density at radius 3 is 2.63 bits per heavy atom. The third-order valence-corrected chi connectivity index (χ3v) is 4.91. The average molecular weight is 403 g/mol. The van der Waals surface area contributed by atoms with Crippen molar-refractivity contribution in [3.05, 3.63) is 101 Å². The highest BCUT2D eigenvalue weighted by molar-refractivity contribution is 5.94. The summed E-state index contributed by atoms with van der Waals surface area (Å²) in [7, 11) is 0. The van der Waals surface area contributed by atoms with Gasteiger partial charge < -0.3 is 14.5 Å². The molecule has 0 saturated heterocycles. The predicted molar refractivity (Wildman–Crippen MR) is 113 cm³/mol. The minimum Gasteiger partial charge on any atom is -0.487 e. The van der Waals surface area contributed by atoms with Gasteiger partial charge in [-0.2, -0.15) is 0 Å². The van der Waals surface area contributed by atoms with Gasteiger partial charge in [0.15, 0.2) is 0 Å². The number of halogens is 1. The zero-order chi connectivity index (χ0) is 21.1. The second-order valence-corrected chi connectivity index (χ2v) is 7.23. The van der Waals surface area contributed by atoms with Gasteiger partial charge in [0, 0.05) is 24.5 Å². The minimum absolute atomic E-state index is 0.195. The topological polar surface area (TPSA) is 55.6 Å². The molecule has 1 amide bonds.